The second-order valence-corrected chi connectivity index (χ2v) is 6.56. The van der Waals surface area contributed by atoms with E-state index in [0.717, 1.165) is 38.3 Å². The van der Waals surface area contributed by atoms with Crippen molar-refractivity contribution in [1.29, 1.82) is 0 Å². The highest BCUT2D eigenvalue weighted by molar-refractivity contribution is 5.89. The van der Waals surface area contributed by atoms with Crippen LogP contribution in [0.4, 0.5) is 10.5 Å². The van der Waals surface area contributed by atoms with E-state index in [1.165, 1.54) is 0 Å². The average molecular weight is 358 g/mol. The van der Waals surface area contributed by atoms with E-state index in [4.69, 9.17) is 9.47 Å². The Balaban J connectivity index is 1.53. The fourth-order valence-corrected chi connectivity index (χ4v) is 3.31. The standard InChI is InChI=1S/C19H26N4O3/c1-14-20-8-11-23(14)13-15-6-9-22(10-7-15)19(24)21-16-4-5-17(25-2)18(12-16)26-3/h4-5,8,11-12,15H,6-7,9-10,13H2,1-3H3,(H,21,24). The number of carbonyl (C=O) groups is 1. The molecule has 2 heterocycles. The molecule has 1 aliphatic rings. The number of anilines is 1. The van der Waals surface area contributed by atoms with Gasteiger partial charge < -0.3 is 24.3 Å². The molecular weight excluding hydrogens is 332 g/mol. The first-order valence-electron chi connectivity index (χ1n) is 8.86. The number of benzene rings is 1. The van der Waals surface area contributed by atoms with Crippen LogP contribution < -0.4 is 14.8 Å². The van der Waals surface area contributed by atoms with Gasteiger partial charge in [0.2, 0.25) is 0 Å². The van der Waals surface area contributed by atoms with Gasteiger partial charge in [-0.2, -0.15) is 0 Å². The van der Waals surface area contributed by atoms with Crippen LogP contribution in [0.1, 0.15) is 18.7 Å². The Morgan fingerprint density at radius 2 is 1.96 bits per heavy atom. The van der Waals surface area contributed by atoms with Crippen molar-refractivity contribution in [1.82, 2.24) is 14.5 Å². The van der Waals surface area contributed by atoms with Crippen molar-refractivity contribution in [2.75, 3.05) is 32.6 Å². The summed E-state index contributed by atoms with van der Waals surface area (Å²) >= 11 is 0. The number of rotatable bonds is 5. The molecule has 3 rings (SSSR count). The Labute approximate surface area is 153 Å². The molecule has 2 aromatic rings. The number of piperidine rings is 1. The summed E-state index contributed by atoms with van der Waals surface area (Å²) in [6.07, 6.45) is 5.85. The molecule has 0 radical (unpaired) electrons. The normalized spacial score (nSPS) is 15.0. The molecule has 1 N–H and O–H groups in total. The maximum absolute atomic E-state index is 12.5. The van der Waals surface area contributed by atoms with Crippen LogP contribution >= 0.6 is 0 Å². The minimum absolute atomic E-state index is 0.0746. The second kappa shape index (κ2) is 8.12. The first kappa shape index (κ1) is 18.1. The first-order chi connectivity index (χ1) is 12.6. The lowest BCUT2D eigenvalue weighted by Gasteiger charge is -2.32. The number of carbonyl (C=O) groups excluding carboxylic acids is 1. The van der Waals surface area contributed by atoms with Crippen molar-refractivity contribution in [3.8, 4) is 11.5 Å². The molecule has 1 aromatic carbocycles. The van der Waals surface area contributed by atoms with Crippen LogP contribution in [0.15, 0.2) is 30.6 Å². The van der Waals surface area contributed by atoms with Gasteiger partial charge in [0.1, 0.15) is 5.82 Å². The average Bonchev–Trinajstić information content (AvgIpc) is 3.06. The van der Waals surface area contributed by atoms with Crippen LogP contribution in [-0.2, 0) is 6.54 Å². The zero-order valence-electron chi connectivity index (χ0n) is 15.6. The lowest BCUT2D eigenvalue weighted by Crippen LogP contribution is -2.41. The molecule has 7 heteroatoms. The number of methoxy groups -OCH3 is 2. The summed E-state index contributed by atoms with van der Waals surface area (Å²) in [4.78, 5) is 18.7. The van der Waals surface area contributed by atoms with Gasteiger partial charge in [-0.15, -0.1) is 0 Å². The number of ether oxygens (including phenoxy) is 2. The van der Waals surface area contributed by atoms with E-state index < -0.39 is 0 Å². The van der Waals surface area contributed by atoms with Crippen LogP contribution in [0.5, 0.6) is 11.5 Å². The number of aromatic nitrogens is 2. The van der Waals surface area contributed by atoms with Gasteiger partial charge >= 0.3 is 6.03 Å². The van der Waals surface area contributed by atoms with E-state index in [-0.39, 0.29) is 6.03 Å². The monoisotopic (exact) mass is 358 g/mol. The molecule has 0 saturated carbocycles. The summed E-state index contributed by atoms with van der Waals surface area (Å²) in [6, 6.07) is 5.29. The molecule has 1 aliphatic heterocycles. The third kappa shape index (κ3) is 4.09. The largest absolute Gasteiger partial charge is 0.493 e. The number of urea groups is 1. The summed E-state index contributed by atoms with van der Waals surface area (Å²) in [5.74, 6) is 2.85. The van der Waals surface area contributed by atoms with Gasteiger partial charge in [0.25, 0.3) is 0 Å². The second-order valence-electron chi connectivity index (χ2n) is 6.56. The number of amides is 2. The predicted molar refractivity (Wildman–Crippen MR) is 99.8 cm³/mol. The molecule has 1 saturated heterocycles. The van der Waals surface area contributed by atoms with Gasteiger partial charge in [-0.05, 0) is 37.8 Å². The lowest BCUT2D eigenvalue weighted by atomic mass is 9.97. The zero-order valence-corrected chi connectivity index (χ0v) is 15.6. The molecule has 0 spiro atoms. The van der Waals surface area contributed by atoms with E-state index in [1.807, 2.05) is 30.3 Å². The van der Waals surface area contributed by atoms with Crippen LogP contribution in [0, 0.1) is 12.8 Å². The summed E-state index contributed by atoms with van der Waals surface area (Å²) in [5, 5.41) is 2.94. The highest BCUT2D eigenvalue weighted by atomic mass is 16.5. The fourth-order valence-electron chi connectivity index (χ4n) is 3.31. The molecule has 7 nitrogen and oxygen atoms in total. The molecule has 0 atom stereocenters. The number of nitrogens with one attached hydrogen (secondary N) is 1. The Morgan fingerprint density at radius 1 is 1.23 bits per heavy atom. The number of aryl methyl sites for hydroxylation is 1. The molecule has 1 fully saturated rings. The van der Waals surface area contributed by atoms with E-state index in [9.17, 15) is 4.79 Å². The molecule has 2 amide bonds. The number of nitrogens with zero attached hydrogens (tertiary/aromatic N) is 3. The van der Waals surface area contributed by atoms with Crippen molar-refractivity contribution < 1.29 is 14.3 Å². The molecule has 1 aromatic heterocycles. The van der Waals surface area contributed by atoms with E-state index in [0.29, 0.717) is 23.1 Å². The van der Waals surface area contributed by atoms with Crippen LogP contribution in [0.3, 0.4) is 0 Å². The summed E-state index contributed by atoms with van der Waals surface area (Å²) < 4.78 is 12.7. The van der Waals surface area contributed by atoms with Gasteiger partial charge in [-0.1, -0.05) is 0 Å². The molecule has 26 heavy (non-hydrogen) atoms. The zero-order chi connectivity index (χ0) is 18.5. The molecular formula is C19H26N4O3. The highest BCUT2D eigenvalue weighted by Crippen LogP contribution is 2.30. The molecule has 0 aliphatic carbocycles. The first-order valence-corrected chi connectivity index (χ1v) is 8.86. The van der Waals surface area contributed by atoms with Gasteiger partial charge in [0.05, 0.1) is 14.2 Å². The van der Waals surface area contributed by atoms with Gasteiger partial charge in [-0.25, -0.2) is 9.78 Å². The van der Waals surface area contributed by atoms with Crippen molar-refractivity contribution in [3.63, 3.8) is 0 Å². The van der Waals surface area contributed by atoms with E-state index in [1.54, 1.807) is 26.4 Å². The highest BCUT2D eigenvalue weighted by Gasteiger charge is 2.23. The Morgan fingerprint density at radius 3 is 2.58 bits per heavy atom. The Bertz CT molecular complexity index is 751. The SMILES string of the molecule is COc1ccc(NC(=O)N2CCC(Cn3ccnc3C)CC2)cc1OC. The van der Waals surface area contributed by atoms with Crippen molar-refractivity contribution in [2.24, 2.45) is 5.92 Å². The molecule has 140 valence electrons. The quantitative estimate of drug-likeness (QED) is 0.891. The number of imidazole rings is 1. The summed E-state index contributed by atoms with van der Waals surface area (Å²) in [7, 11) is 3.17. The number of hydrogen-bond acceptors (Lipinski definition) is 4. The van der Waals surface area contributed by atoms with E-state index in [2.05, 4.69) is 14.9 Å². The third-order valence-corrected chi connectivity index (χ3v) is 4.92. The van der Waals surface area contributed by atoms with E-state index >= 15 is 0 Å². The van der Waals surface area contributed by atoms with Crippen molar-refractivity contribution in [2.45, 2.75) is 26.3 Å². The fraction of sp³-hybridized carbons (Fsp3) is 0.474. The Hall–Kier alpha value is -2.70. The van der Waals surface area contributed by atoms with Crippen LogP contribution in [0.2, 0.25) is 0 Å². The molecule has 0 bridgehead atoms. The topological polar surface area (TPSA) is 68.6 Å². The van der Waals surface area contributed by atoms with Gasteiger partial charge in [0.15, 0.2) is 11.5 Å². The minimum Gasteiger partial charge on any atom is -0.493 e. The van der Waals surface area contributed by atoms with Gasteiger partial charge in [0, 0.05) is 43.8 Å². The summed E-state index contributed by atoms with van der Waals surface area (Å²) in [6.45, 7) is 4.51. The van der Waals surface area contributed by atoms with Crippen LogP contribution in [0.25, 0.3) is 0 Å². The van der Waals surface area contributed by atoms with Crippen molar-refractivity contribution >= 4 is 11.7 Å². The number of likely N-dealkylation sites (tertiary alicyclic amines) is 1. The predicted octanol–water partition coefficient (Wildman–Crippen LogP) is 3.15. The van der Waals surface area contributed by atoms with Gasteiger partial charge in [-0.3, -0.25) is 0 Å². The maximum Gasteiger partial charge on any atom is 0.321 e. The van der Waals surface area contributed by atoms with Crippen molar-refractivity contribution in [3.05, 3.63) is 36.4 Å². The maximum atomic E-state index is 12.5. The minimum atomic E-state index is -0.0746. The third-order valence-electron chi connectivity index (χ3n) is 4.92. The number of hydrogen-bond donors (Lipinski definition) is 1. The Kier molecular flexibility index (Phi) is 5.65. The van der Waals surface area contributed by atoms with Crippen LogP contribution in [-0.4, -0.2) is 47.8 Å². The lowest BCUT2D eigenvalue weighted by molar-refractivity contribution is 0.176. The smallest absolute Gasteiger partial charge is 0.321 e. The summed E-state index contributed by atoms with van der Waals surface area (Å²) in [5.41, 5.74) is 0.698. The molecule has 0 unspecified atom stereocenters.